The summed E-state index contributed by atoms with van der Waals surface area (Å²) in [4.78, 5) is 4.66. The molecule has 1 aromatic heterocycles. The van der Waals surface area contributed by atoms with E-state index in [1.54, 1.807) is 11.3 Å². The van der Waals surface area contributed by atoms with Gasteiger partial charge in [-0.15, -0.1) is 11.3 Å². The molecule has 0 aliphatic rings. The minimum Gasteiger partial charge on any atom is -0.392 e. The van der Waals surface area contributed by atoms with Gasteiger partial charge in [-0.3, -0.25) is 0 Å². The number of hydrogen-bond donors (Lipinski definition) is 1. The average molecular weight is 303 g/mol. The van der Waals surface area contributed by atoms with Crippen LogP contribution in [0.1, 0.15) is 48.2 Å². The van der Waals surface area contributed by atoms with E-state index in [1.807, 2.05) is 0 Å². The lowest BCUT2D eigenvalue weighted by atomic mass is 9.93. The van der Waals surface area contributed by atoms with E-state index in [4.69, 9.17) is 0 Å². The average Bonchev–Trinajstić information content (AvgIpc) is 2.75. The van der Waals surface area contributed by atoms with Crippen LogP contribution in [0, 0.1) is 13.8 Å². The van der Waals surface area contributed by atoms with E-state index < -0.39 is 0 Å². The Morgan fingerprint density at radius 3 is 2.24 bits per heavy atom. The monoisotopic (exact) mass is 303 g/mol. The van der Waals surface area contributed by atoms with E-state index in [0.717, 1.165) is 10.7 Å². The van der Waals surface area contributed by atoms with Crippen molar-refractivity contribution in [3.63, 3.8) is 0 Å². The Hall–Kier alpha value is -1.19. The Bertz CT molecular complexity index is 590. The van der Waals surface area contributed by atoms with E-state index in [1.165, 1.54) is 16.7 Å². The first-order valence-corrected chi connectivity index (χ1v) is 8.32. The minimum atomic E-state index is -0.370. The van der Waals surface area contributed by atoms with Crippen LogP contribution in [0.4, 0.5) is 0 Å². The third kappa shape index (κ3) is 4.65. The second-order valence-corrected chi connectivity index (χ2v) is 7.88. The normalized spacial score (nSPS) is 13.4. The van der Waals surface area contributed by atoms with Gasteiger partial charge < -0.3 is 5.11 Å². The minimum absolute atomic E-state index is 0.0767. The molecule has 0 radical (unpaired) electrons. The first-order chi connectivity index (χ1) is 9.74. The topological polar surface area (TPSA) is 33.1 Å². The summed E-state index contributed by atoms with van der Waals surface area (Å²) in [7, 11) is 0. The fourth-order valence-corrected chi connectivity index (χ4v) is 3.58. The molecule has 114 valence electrons. The van der Waals surface area contributed by atoms with Gasteiger partial charge in [-0.1, -0.05) is 50.1 Å². The van der Waals surface area contributed by atoms with Crippen LogP contribution in [0.3, 0.4) is 0 Å². The van der Waals surface area contributed by atoms with Crippen LogP contribution >= 0.6 is 11.3 Å². The highest BCUT2D eigenvalue weighted by molar-refractivity contribution is 7.09. The highest BCUT2D eigenvalue weighted by atomic mass is 32.1. The number of aromatic nitrogens is 1. The van der Waals surface area contributed by atoms with Crippen molar-refractivity contribution in [2.24, 2.45) is 0 Å². The molecule has 0 aliphatic heterocycles. The van der Waals surface area contributed by atoms with Crippen LogP contribution < -0.4 is 0 Å². The van der Waals surface area contributed by atoms with Crippen LogP contribution in [0.15, 0.2) is 23.6 Å². The number of hydrogen-bond acceptors (Lipinski definition) is 3. The molecule has 1 atom stereocenters. The molecule has 21 heavy (non-hydrogen) atoms. The number of aryl methyl sites for hydroxylation is 2. The fraction of sp³-hybridized carbons (Fsp3) is 0.500. The van der Waals surface area contributed by atoms with Gasteiger partial charge in [0.2, 0.25) is 0 Å². The third-order valence-corrected chi connectivity index (χ3v) is 4.35. The number of nitrogens with zero attached hydrogens (tertiary/aromatic N) is 1. The zero-order valence-electron chi connectivity index (χ0n) is 13.6. The lowest BCUT2D eigenvalue weighted by Crippen LogP contribution is -2.15. The molecule has 1 unspecified atom stereocenters. The van der Waals surface area contributed by atoms with Gasteiger partial charge in [-0.05, 0) is 25.8 Å². The number of benzene rings is 1. The summed E-state index contributed by atoms with van der Waals surface area (Å²) in [6.07, 6.45) is 0.950. The molecule has 1 heterocycles. The van der Waals surface area contributed by atoms with E-state index in [2.05, 4.69) is 63.2 Å². The van der Waals surface area contributed by atoms with Crippen molar-refractivity contribution in [2.75, 3.05) is 0 Å². The Labute approximate surface area is 131 Å². The van der Waals surface area contributed by atoms with Crippen LogP contribution in [-0.4, -0.2) is 16.2 Å². The molecule has 0 saturated heterocycles. The van der Waals surface area contributed by atoms with Crippen molar-refractivity contribution >= 4 is 11.3 Å². The highest BCUT2D eigenvalue weighted by Gasteiger charge is 2.18. The molecule has 2 rings (SSSR count). The first-order valence-electron chi connectivity index (χ1n) is 7.44. The Kier molecular flexibility index (Phi) is 4.84. The van der Waals surface area contributed by atoms with E-state index in [-0.39, 0.29) is 11.5 Å². The zero-order chi connectivity index (χ0) is 15.6. The summed E-state index contributed by atoms with van der Waals surface area (Å²) in [5, 5.41) is 13.5. The molecule has 0 bridgehead atoms. The van der Waals surface area contributed by atoms with E-state index >= 15 is 0 Å². The molecule has 0 fully saturated rings. The van der Waals surface area contributed by atoms with Gasteiger partial charge in [0.1, 0.15) is 0 Å². The van der Waals surface area contributed by atoms with E-state index in [9.17, 15) is 5.11 Å². The second-order valence-electron chi connectivity index (χ2n) is 6.93. The van der Waals surface area contributed by atoms with Gasteiger partial charge >= 0.3 is 0 Å². The standard InChI is InChI=1S/C18H25NOS/c1-12-6-13(2)8-14(7-12)9-15(20)10-17-19-16(11-21-17)18(3,4)5/h6-8,11,15,20H,9-10H2,1-5H3. The maximum atomic E-state index is 10.3. The van der Waals surface area contributed by atoms with Crippen molar-refractivity contribution in [2.45, 2.75) is 59.0 Å². The predicted octanol–water partition coefficient (Wildman–Crippen LogP) is 4.20. The number of aliphatic hydroxyl groups excluding tert-OH is 1. The quantitative estimate of drug-likeness (QED) is 0.918. The highest BCUT2D eigenvalue weighted by Crippen LogP contribution is 2.24. The fourth-order valence-electron chi connectivity index (χ4n) is 2.48. The first kappa shape index (κ1) is 16.2. The SMILES string of the molecule is Cc1cc(C)cc(CC(O)Cc2nc(C(C)(C)C)cs2)c1. The Balaban J connectivity index is 2.01. The maximum absolute atomic E-state index is 10.3. The Morgan fingerprint density at radius 2 is 1.71 bits per heavy atom. The molecular formula is C18H25NOS. The van der Waals surface area contributed by atoms with Gasteiger partial charge in [0.25, 0.3) is 0 Å². The van der Waals surface area contributed by atoms with Crippen molar-refractivity contribution < 1.29 is 5.11 Å². The lowest BCUT2D eigenvalue weighted by molar-refractivity contribution is 0.175. The van der Waals surface area contributed by atoms with Crippen LogP contribution in [0.25, 0.3) is 0 Å². The van der Waals surface area contributed by atoms with Crippen LogP contribution in [-0.2, 0) is 18.3 Å². The Morgan fingerprint density at radius 1 is 1.10 bits per heavy atom. The number of rotatable bonds is 4. The van der Waals surface area contributed by atoms with Crippen molar-refractivity contribution in [3.05, 3.63) is 51.0 Å². The van der Waals surface area contributed by atoms with Gasteiger partial charge in [0, 0.05) is 17.2 Å². The van der Waals surface area contributed by atoms with Crippen molar-refractivity contribution in [1.82, 2.24) is 4.98 Å². The summed E-state index contributed by atoms with van der Waals surface area (Å²) in [6, 6.07) is 6.46. The molecule has 2 nitrogen and oxygen atoms in total. The summed E-state index contributed by atoms with van der Waals surface area (Å²) < 4.78 is 0. The van der Waals surface area contributed by atoms with Gasteiger partial charge in [-0.2, -0.15) is 0 Å². The van der Waals surface area contributed by atoms with E-state index in [0.29, 0.717) is 12.8 Å². The molecular weight excluding hydrogens is 278 g/mol. The van der Waals surface area contributed by atoms with Gasteiger partial charge in [0.05, 0.1) is 16.8 Å². The van der Waals surface area contributed by atoms with Crippen molar-refractivity contribution in [1.29, 1.82) is 0 Å². The smallest absolute Gasteiger partial charge is 0.0954 e. The number of aliphatic hydroxyl groups is 1. The summed E-state index contributed by atoms with van der Waals surface area (Å²) in [5.41, 5.74) is 4.89. The molecule has 1 N–H and O–H groups in total. The maximum Gasteiger partial charge on any atom is 0.0954 e. The molecule has 0 spiro atoms. The summed E-state index contributed by atoms with van der Waals surface area (Å²) in [6.45, 7) is 10.7. The summed E-state index contributed by atoms with van der Waals surface area (Å²) >= 11 is 1.65. The number of thiazole rings is 1. The molecule has 0 aliphatic carbocycles. The van der Waals surface area contributed by atoms with Gasteiger partial charge in [0.15, 0.2) is 0 Å². The zero-order valence-corrected chi connectivity index (χ0v) is 14.4. The largest absolute Gasteiger partial charge is 0.392 e. The molecule has 2 aromatic rings. The third-order valence-electron chi connectivity index (χ3n) is 3.48. The summed E-state index contributed by atoms with van der Waals surface area (Å²) in [5.74, 6) is 0. The second kappa shape index (κ2) is 6.29. The predicted molar refractivity (Wildman–Crippen MR) is 90.1 cm³/mol. The van der Waals surface area contributed by atoms with Crippen LogP contribution in [0.2, 0.25) is 0 Å². The molecule has 0 saturated carbocycles. The molecule has 3 heteroatoms. The van der Waals surface area contributed by atoms with Gasteiger partial charge in [-0.25, -0.2) is 4.98 Å². The van der Waals surface area contributed by atoms with Crippen molar-refractivity contribution in [3.8, 4) is 0 Å². The van der Waals surface area contributed by atoms with Crippen LogP contribution in [0.5, 0.6) is 0 Å². The molecule has 1 aromatic carbocycles. The molecule has 0 amide bonds. The lowest BCUT2D eigenvalue weighted by Gasteiger charge is -2.14.